The molecule has 7 nitrogen and oxygen atoms in total. The van der Waals surface area contributed by atoms with E-state index in [9.17, 15) is 4.79 Å². The summed E-state index contributed by atoms with van der Waals surface area (Å²) in [4.78, 5) is 16.7. The van der Waals surface area contributed by atoms with E-state index in [1.807, 2.05) is 0 Å². The minimum Gasteiger partial charge on any atom is -0.497 e. The second-order valence-corrected chi connectivity index (χ2v) is 5.73. The van der Waals surface area contributed by atoms with Gasteiger partial charge in [-0.2, -0.15) is 0 Å². The normalized spacial score (nSPS) is 13.3. The Morgan fingerprint density at radius 1 is 1.04 bits per heavy atom. The first-order chi connectivity index (χ1) is 12.7. The van der Waals surface area contributed by atoms with Crippen LogP contribution in [0.25, 0.3) is 10.9 Å². The van der Waals surface area contributed by atoms with Crippen molar-refractivity contribution in [1.29, 1.82) is 0 Å². The molecule has 3 aromatic rings. The Balaban J connectivity index is 1.60. The fourth-order valence-corrected chi connectivity index (χ4v) is 2.65. The fraction of sp³-hybridized carbons (Fsp3) is 0.263. The molecule has 2 heterocycles. The molecule has 0 saturated heterocycles. The van der Waals surface area contributed by atoms with Crippen LogP contribution in [0.4, 0.5) is 0 Å². The molecule has 7 heteroatoms. The molecule has 4 rings (SSSR count). The summed E-state index contributed by atoms with van der Waals surface area (Å²) in [6, 6.07) is 10.4. The van der Waals surface area contributed by atoms with Crippen LogP contribution in [0.2, 0.25) is 0 Å². The zero-order valence-corrected chi connectivity index (χ0v) is 14.2. The second kappa shape index (κ2) is 6.95. The van der Waals surface area contributed by atoms with Crippen LogP contribution in [0, 0.1) is 0 Å². The standard InChI is InChI=1S/C19H17NO6/c1-22-12-3-5-13(6-4-12)25-11-18-20-15-10-17-16(23-7-2-8-24-17)9-14(15)19(21)26-18/h3-6,9-10H,2,7-8,11H2,1H3. The smallest absolute Gasteiger partial charge is 0.347 e. The highest BCUT2D eigenvalue weighted by molar-refractivity contribution is 5.81. The molecule has 1 aliphatic heterocycles. The largest absolute Gasteiger partial charge is 0.497 e. The molecule has 0 atom stereocenters. The van der Waals surface area contributed by atoms with Crippen LogP contribution >= 0.6 is 0 Å². The molecule has 0 bridgehead atoms. The highest BCUT2D eigenvalue weighted by Crippen LogP contribution is 2.32. The van der Waals surface area contributed by atoms with E-state index in [4.69, 9.17) is 23.4 Å². The quantitative estimate of drug-likeness (QED) is 0.712. The summed E-state index contributed by atoms with van der Waals surface area (Å²) >= 11 is 0. The first kappa shape index (κ1) is 16.3. The van der Waals surface area contributed by atoms with Crippen molar-refractivity contribution in [3.05, 3.63) is 52.7 Å². The summed E-state index contributed by atoms with van der Waals surface area (Å²) in [6.07, 6.45) is 0.786. The van der Waals surface area contributed by atoms with Gasteiger partial charge >= 0.3 is 5.63 Å². The first-order valence-electron chi connectivity index (χ1n) is 8.23. The number of aromatic nitrogens is 1. The average molecular weight is 355 g/mol. The van der Waals surface area contributed by atoms with Gasteiger partial charge < -0.3 is 23.4 Å². The lowest BCUT2D eigenvalue weighted by Crippen LogP contribution is -2.08. The Morgan fingerprint density at radius 2 is 1.73 bits per heavy atom. The van der Waals surface area contributed by atoms with Crippen molar-refractivity contribution in [3.63, 3.8) is 0 Å². The molecule has 0 amide bonds. The Kier molecular flexibility index (Phi) is 4.35. The molecule has 0 saturated carbocycles. The molecule has 2 aromatic carbocycles. The highest BCUT2D eigenvalue weighted by Gasteiger charge is 2.15. The van der Waals surface area contributed by atoms with E-state index < -0.39 is 5.63 Å². The van der Waals surface area contributed by atoms with Crippen molar-refractivity contribution in [1.82, 2.24) is 4.98 Å². The van der Waals surface area contributed by atoms with Crippen LogP contribution in [0.3, 0.4) is 0 Å². The van der Waals surface area contributed by atoms with Gasteiger partial charge in [-0.25, -0.2) is 9.78 Å². The van der Waals surface area contributed by atoms with Gasteiger partial charge in [-0.15, -0.1) is 0 Å². The van der Waals surface area contributed by atoms with Gasteiger partial charge in [0.05, 0.1) is 31.2 Å². The topological polar surface area (TPSA) is 80.0 Å². The number of nitrogens with zero attached hydrogens (tertiary/aromatic N) is 1. The minimum atomic E-state index is -0.487. The Bertz CT molecular complexity index is 980. The molecule has 0 unspecified atom stereocenters. The lowest BCUT2D eigenvalue weighted by atomic mass is 10.2. The Morgan fingerprint density at radius 3 is 2.46 bits per heavy atom. The molecular formula is C19H17NO6. The van der Waals surface area contributed by atoms with E-state index in [0.29, 0.717) is 41.4 Å². The maximum atomic E-state index is 12.3. The summed E-state index contributed by atoms with van der Waals surface area (Å²) < 4.78 is 27.2. The maximum Gasteiger partial charge on any atom is 0.347 e. The Hall–Kier alpha value is -3.22. The van der Waals surface area contributed by atoms with Crippen molar-refractivity contribution in [2.45, 2.75) is 13.0 Å². The second-order valence-electron chi connectivity index (χ2n) is 5.73. The van der Waals surface area contributed by atoms with Crippen LogP contribution in [0.1, 0.15) is 12.3 Å². The van der Waals surface area contributed by atoms with Gasteiger partial charge in [-0.1, -0.05) is 0 Å². The third kappa shape index (κ3) is 3.28. The van der Waals surface area contributed by atoms with Crippen molar-refractivity contribution in [3.8, 4) is 23.0 Å². The zero-order chi connectivity index (χ0) is 17.9. The molecule has 0 fully saturated rings. The van der Waals surface area contributed by atoms with Crippen LogP contribution in [0.5, 0.6) is 23.0 Å². The molecule has 1 aromatic heterocycles. The lowest BCUT2D eigenvalue weighted by molar-refractivity contribution is 0.253. The number of fused-ring (bicyclic) bond motifs is 2. The predicted molar refractivity (Wildman–Crippen MR) is 93.2 cm³/mol. The zero-order valence-electron chi connectivity index (χ0n) is 14.2. The molecule has 1 aliphatic rings. The SMILES string of the molecule is COc1ccc(OCc2nc3cc4c(cc3c(=O)o2)OCCCO4)cc1. The van der Waals surface area contributed by atoms with Crippen molar-refractivity contribution >= 4 is 10.9 Å². The van der Waals surface area contributed by atoms with Crippen LogP contribution < -0.4 is 24.6 Å². The van der Waals surface area contributed by atoms with E-state index >= 15 is 0 Å². The van der Waals surface area contributed by atoms with E-state index in [1.165, 1.54) is 0 Å². The van der Waals surface area contributed by atoms with Gasteiger partial charge in [-0.05, 0) is 24.3 Å². The summed E-state index contributed by atoms with van der Waals surface area (Å²) in [7, 11) is 1.60. The Labute approximate surface area is 149 Å². The number of hydrogen-bond acceptors (Lipinski definition) is 7. The summed E-state index contributed by atoms with van der Waals surface area (Å²) in [5.41, 5.74) is -0.00203. The maximum absolute atomic E-state index is 12.3. The fourth-order valence-electron chi connectivity index (χ4n) is 2.65. The van der Waals surface area contributed by atoms with Gasteiger partial charge in [0, 0.05) is 18.6 Å². The summed E-state index contributed by atoms with van der Waals surface area (Å²) in [5.74, 6) is 2.65. The monoisotopic (exact) mass is 355 g/mol. The first-order valence-corrected chi connectivity index (χ1v) is 8.23. The third-order valence-corrected chi connectivity index (χ3v) is 3.96. The van der Waals surface area contributed by atoms with Crippen LogP contribution in [-0.2, 0) is 6.61 Å². The van der Waals surface area contributed by atoms with Crippen molar-refractivity contribution in [2.24, 2.45) is 0 Å². The molecular weight excluding hydrogens is 338 g/mol. The lowest BCUT2D eigenvalue weighted by Gasteiger charge is -2.09. The van der Waals surface area contributed by atoms with E-state index in [0.717, 1.165) is 12.2 Å². The van der Waals surface area contributed by atoms with Crippen molar-refractivity contribution < 1.29 is 23.4 Å². The molecule has 134 valence electrons. The summed E-state index contributed by atoms with van der Waals surface area (Å²) in [5, 5.41) is 0.349. The summed E-state index contributed by atoms with van der Waals surface area (Å²) in [6.45, 7) is 1.14. The van der Waals surface area contributed by atoms with E-state index in [1.54, 1.807) is 43.5 Å². The molecule has 0 aliphatic carbocycles. The third-order valence-electron chi connectivity index (χ3n) is 3.96. The van der Waals surface area contributed by atoms with Gasteiger partial charge in [-0.3, -0.25) is 0 Å². The molecule has 0 N–H and O–H groups in total. The minimum absolute atomic E-state index is 0.0337. The van der Waals surface area contributed by atoms with Gasteiger partial charge in [0.25, 0.3) is 0 Å². The number of ether oxygens (including phenoxy) is 4. The number of methoxy groups -OCH3 is 1. The molecule has 0 radical (unpaired) electrons. The average Bonchev–Trinajstić information content (AvgIpc) is 2.90. The predicted octanol–water partition coefficient (Wildman–Crippen LogP) is 2.94. The van der Waals surface area contributed by atoms with E-state index in [-0.39, 0.29) is 12.5 Å². The number of hydrogen-bond donors (Lipinski definition) is 0. The van der Waals surface area contributed by atoms with Gasteiger partial charge in [0.1, 0.15) is 11.5 Å². The number of rotatable bonds is 4. The van der Waals surface area contributed by atoms with E-state index in [2.05, 4.69) is 4.98 Å². The van der Waals surface area contributed by atoms with Crippen molar-refractivity contribution in [2.75, 3.05) is 20.3 Å². The van der Waals surface area contributed by atoms with Gasteiger partial charge in [0.15, 0.2) is 18.1 Å². The van der Waals surface area contributed by atoms with Crippen LogP contribution in [-0.4, -0.2) is 25.3 Å². The molecule has 26 heavy (non-hydrogen) atoms. The highest BCUT2D eigenvalue weighted by atomic mass is 16.5. The van der Waals surface area contributed by atoms with Gasteiger partial charge in [0.2, 0.25) is 5.89 Å². The van der Waals surface area contributed by atoms with Crippen LogP contribution in [0.15, 0.2) is 45.6 Å². The number of benzene rings is 2. The molecule has 0 spiro atoms.